The summed E-state index contributed by atoms with van der Waals surface area (Å²) >= 11 is 0. The molecule has 1 N–H and O–H groups in total. The molecule has 18 heavy (non-hydrogen) atoms. The molecule has 0 saturated carbocycles. The van der Waals surface area contributed by atoms with E-state index in [1.165, 1.54) is 19.6 Å². The number of benzene rings is 1. The highest BCUT2D eigenvalue weighted by Gasteiger charge is 2.38. The highest BCUT2D eigenvalue weighted by molar-refractivity contribution is 5.40. The Morgan fingerprint density at radius 1 is 0.944 bits per heavy atom. The zero-order valence-electron chi connectivity index (χ0n) is 11.7. The van der Waals surface area contributed by atoms with Crippen molar-refractivity contribution in [2.45, 2.75) is 20.3 Å². The Labute approximate surface area is 110 Å². The van der Waals surface area contributed by atoms with Crippen LogP contribution in [-0.2, 0) is 0 Å². The quantitative estimate of drug-likeness (QED) is 0.818. The molecule has 2 rings (SSSR count). The molecule has 0 aromatic heterocycles. The van der Waals surface area contributed by atoms with Crippen molar-refractivity contribution < 1.29 is 9.69 Å². The number of rotatable bonds is 3. The summed E-state index contributed by atoms with van der Waals surface area (Å²) in [6.07, 6.45) is 1.09. The van der Waals surface area contributed by atoms with Crippen LogP contribution in [0.2, 0.25) is 0 Å². The van der Waals surface area contributed by atoms with Crippen LogP contribution in [0.25, 0.3) is 0 Å². The number of quaternary nitrogens is 2. The summed E-state index contributed by atoms with van der Waals surface area (Å²) in [4.78, 5) is 0. The van der Waals surface area contributed by atoms with Gasteiger partial charge in [0, 0.05) is 18.6 Å². The smallest absolute Gasteiger partial charge is 0.165 e. The third kappa shape index (κ3) is 2.58. The highest BCUT2D eigenvalue weighted by Crippen LogP contribution is 2.24. The van der Waals surface area contributed by atoms with Crippen molar-refractivity contribution in [1.29, 1.82) is 0 Å². The second-order valence-corrected chi connectivity index (χ2v) is 5.48. The minimum Gasteiger partial charge on any atom is -0.319 e. The summed E-state index contributed by atoms with van der Waals surface area (Å²) in [5, 5.41) is 10.9. The van der Waals surface area contributed by atoms with E-state index in [1.54, 1.807) is 0 Å². The monoisotopic (exact) mass is 250 g/mol. The second-order valence-electron chi connectivity index (χ2n) is 5.48. The normalized spacial score (nSPS) is 27.7. The third-order valence-corrected chi connectivity index (χ3v) is 4.68. The van der Waals surface area contributed by atoms with Crippen LogP contribution in [0.5, 0.6) is 0 Å². The first-order chi connectivity index (χ1) is 8.64. The summed E-state index contributed by atoms with van der Waals surface area (Å²) in [5.41, 5.74) is 1.03. The van der Waals surface area contributed by atoms with E-state index in [0.29, 0.717) is 0 Å². The first kappa shape index (κ1) is 13.5. The number of hydrogen-bond acceptors (Lipinski definition) is 1. The summed E-state index contributed by atoms with van der Waals surface area (Å²) in [5.74, 6) is 0. The Hall–Kier alpha value is -0.900. The Bertz CT molecular complexity index is 375. The number of likely N-dealkylation sites (N-methyl/N-ethyl adjacent to an activating group) is 1. The van der Waals surface area contributed by atoms with Gasteiger partial charge in [-0.05, 0) is 13.8 Å². The lowest BCUT2D eigenvalue weighted by atomic mass is 10.2. The minimum atomic E-state index is 0.112. The Balaban J connectivity index is 2.18. The van der Waals surface area contributed by atoms with E-state index >= 15 is 0 Å². The molecule has 1 fully saturated rings. The van der Waals surface area contributed by atoms with Crippen molar-refractivity contribution in [2.24, 2.45) is 0 Å². The predicted octanol–water partition coefficient (Wildman–Crippen LogP) is 2.64. The molecule has 1 unspecified atom stereocenters. The van der Waals surface area contributed by atoms with Crippen LogP contribution < -0.4 is 4.65 Å². The molecule has 1 atom stereocenters. The van der Waals surface area contributed by atoms with E-state index in [2.05, 4.69) is 13.8 Å². The fourth-order valence-corrected chi connectivity index (χ4v) is 3.09. The van der Waals surface area contributed by atoms with E-state index in [1.807, 2.05) is 30.3 Å². The highest BCUT2D eigenvalue weighted by atomic mass is 16.5. The first-order valence-corrected chi connectivity index (χ1v) is 7.15. The molecule has 1 aromatic rings. The van der Waals surface area contributed by atoms with E-state index in [0.717, 1.165) is 36.2 Å². The fourth-order valence-electron chi connectivity index (χ4n) is 3.09. The van der Waals surface area contributed by atoms with Crippen molar-refractivity contribution in [3.63, 3.8) is 0 Å². The lowest BCUT2D eigenvalue weighted by Gasteiger charge is -2.35. The van der Waals surface area contributed by atoms with Gasteiger partial charge in [-0.3, -0.25) is 0 Å². The molecule has 0 bridgehead atoms. The predicted molar refractivity (Wildman–Crippen MR) is 75.4 cm³/mol. The van der Waals surface area contributed by atoms with Crippen LogP contribution in [0.4, 0.5) is 5.69 Å². The molecule has 3 heteroatoms. The molecular formula is C15H26N2O+2. The summed E-state index contributed by atoms with van der Waals surface area (Å²) in [6.45, 7) is 10.8. The van der Waals surface area contributed by atoms with Crippen molar-refractivity contribution in [2.75, 3.05) is 39.3 Å². The lowest BCUT2D eigenvalue weighted by molar-refractivity contribution is -0.923. The van der Waals surface area contributed by atoms with Gasteiger partial charge in [-0.1, -0.05) is 18.2 Å². The number of nitrogens with zero attached hydrogens (tertiary/aromatic N) is 2. The van der Waals surface area contributed by atoms with Gasteiger partial charge in [-0.25, -0.2) is 5.21 Å². The van der Waals surface area contributed by atoms with Gasteiger partial charge >= 0.3 is 0 Å². The van der Waals surface area contributed by atoms with Gasteiger partial charge < -0.3 is 4.48 Å². The average Bonchev–Trinajstić information content (AvgIpc) is 2.61. The number of para-hydroxylation sites is 1. The molecule has 0 radical (unpaired) electrons. The standard InChI is InChI=1S/C15H26N2O/c1-3-16(4-2)11-8-12-17(18,14-13-16)15-9-6-5-7-10-15/h5-7,9-10,18H,3-4,8,11-14H2,1-2H3/q+2. The van der Waals surface area contributed by atoms with E-state index in [-0.39, 0.29) is 4.65 Å². The number of hydrogen-bond donors (Lipinski definition) is 1. The topological polar surface area (TPSA) is 20.2 Å². The SMILES string of the molecule is CC[N+]1(CC)CCC[N+](O)(c2ccccc2)CC1. The first-order valence-electron chi connectivity index (χ1n) is 7.15. The van der Waals surface area contributed by atoms with Crippen LogP contribution in [0, 0.1) is 0 Å². The van der Waals surface area contributed by atoms with Gasteiger partial charge in [0.2, 0.25) is 0 Å². The summed E-state index contributed by atoms with van der Waals surface area (Å²) < 4.78 is 1.26. The van der Waals surface area contributed by atoms with Gasteiger partial charge in [0.1, 0.15) is 13.1 Å². The Kier molecular flexibility index (Phi) is 4.05. The zero-order valence-corrected chi connectivity index (χ0v) is 11.7. The van der Waals surface area contributed by atoms with Crippen LogP contribution in [-0.4, -0.2) is 49.0 Å². The molecule has 100 valence electrons. The van der Waals surface area contributed by atoms with Gasteiger partial charge in [0.25, 0.3) is 0 Å². The largest absolute Gasteiger partial charge is 0.319 e. The van der Waals surface area contributed by atoms with Gasteiger partial charge in [-0.2, -0.15) is 0 Å². The molecule has 1 aliphatic heterocycles. The van der Waals surface area contributed by atoms with Crippen molar-refractivity contribution in [3.05, 3.63) is 30.3 Å². The molecular weight excluding hydrogens is 224 g/mol. The fraction of sp³-hybridized carbons (Fsp3) is 0.600. The molecule has 1 aliphatic rings. The molecule has 0 amide bonds. The van der Waals surface area contributed by atoms with E-state index in [4.69, 9.17) is 0 Å². The maximum Gasteiger partial charge on any atom is 0.165 e. The van der Waals surface area contributed by atoms with Crippen LogP contribution in [0.1, 0.15) is 20.3 Å². The van der Waals surface area contributed by atoms with Gasteiger partial charge in [0.05, 0.1) is 19.6 Å². The van der Waals surface area contributed by atoms with Gasteiger partial charge in [0.15, 0.2) is 12.2 Å². The van der Waals surface area contributed by atoms with Crippen molar-refractivity contribution in [3.8, 4) is 0 Å². The molecule has 1 saturated heterocycles. The van der Waals surface area contributed by atoms with Gasteiger partial charge in [-0.15, -0.1) is 4.65 Å². The van der Waals surface area contributed by atoms with Crippen LogP contribution in [0.15, 0.2) is 30.3 Å². The average molecular weight is 250 g/mol. The maximum absolute atomic E-state index is 10.9. The van der Waals surface area contributed by atoms with E-state index in [9.17, 15) is 5.21 Å². The number of hydroxylamine groups is 2. The molecule has 3 nitrogen and oxygen atoms in total. The lowest BCUT2D eigenvalue weighted by Crippen LogP contribution is -2.53. The Morgan fingerprint density at radius 3 is 2.22 bits per heavy atom. The summed E-state index contributed by atoms with van der Waals surface area (Å²) in [7, 11) is 0. The maximum atomic E-state index is 10.9. The Morgan fingerprint density at radius 2 is 1.61 bits per heavy atom. The molecule has 0 spiro atoms. The van der Waals surface area contributed by atoms with Crippen molar-refractivity contribution >= 4 is 5.69 Å². The zero-order chi connectivity index (χ0) is 13.1. The second kappa shape index (κ2) is 5.39. The minimum absolute atomic E-state index is 0.112. The van der Waals surface area contributed by atoms with E-state index < -0.39 is 0 Å². The third-order valence-electron chi connectivity index (χ3n) is 4.68. The van der Waals surface area contributed by atoms with Crippen LogP contribution in [0.3, 0.4) is 0 Å². The molecule has 0 aliphatic carbocycles. The molecule has 1 heterocycles. The molecule has 1 aromatic carbocycles. The van der Waals surface area contributed by atoms with Crippen molar-refractivity contribution in [1.82, 2.24) is 4.65 Å². The van der Waals surface area contributed by atoms with Crippen LogP contribution >= 0.6 is 0 Å². The summed E-state index contributed by atoms with van der Waals surface area (Å²) in [6, 6.07) is 10.1.